The highest BCUT2D eigenvalue weighted by Crippen LogP contribution is 2.22. The van der Waals surface area contributed by atoms with Gasteiger partial charge in [0.05, 0.1) is 12.1 Å². The van der Waals surface area contributed by atoms with Crippen LogP contribution in [0, 0.1) is 6.92 Å². The lowest BCUT2D eigenvalue weighted by molar-refractivity contribution is -0.130. The molecule has 1 fully saturated rings. The van der Waals surface area contributed by atoms with Crippen molar-refractivity contribution in [1.82, 2.24) is 9.88 Å². The molecule has 1 aliphatic rings. The summed E-state index contributed by atoms with van der Waals surface area (Å²) in [5.41, 5.74) is 1.75. The van der Waals surface area contributed by atoms with E-state index in [1.807, 2.05) is 42.2 Å². The molecule has 1 saturated heterocycles. The Morgan fingerprint density at radius 3 is 2.50 bits per heavy atom. The lowest BCUT2D eigenvalue weighted by Crippen LogP contribution is -2.33. The molecule has 0 N–H and O–H groups in total. The SMILES string of the molecule is Cc1nc(-c2ccccc2)oc1CC(=O)N1CCCCCC1. The Kier molecular flexibility index (Phi) is 4.56. The quantitative estimate of drug-likeness (QED) is 0.870. The van der Waals surface area contributed by atoms with Crippen LogP contribution >= 0.6 is 0 Å². The number of likely N-dealkylation sites (tertiary alicyclic amines) is 1. The Hall–Kier alpha value is -2.10. The first-order valence-electron chi connectivity index (χ1n) is 8.03. The van der Waals surface area contributed by atoms with Gasteiger partial charge in [0.1, 0.15) is 5.76 Å². The van der Waals surface area contributed by atoms with E-state index in [2.05, 4.69) is 4.98 Å². The topological polar surface area (TPSA) is 46.3 Å². The number of hydrogen-bond donors (Lipinski definition) is 0. The van der Waals surface area contributed by atoms with E-state index in [1.54, 1.807) is 0 Å². The highest BCUT2D eigenvalue weighted by atomic mass is 16.4. The lowest BCUT2D eigenvalue weighted by Gasteiger charge is -2.19. The Bertz CT molecular complexity index is 626. The van der Waals surface area contributed by atoms with E-state index in [0.717, 1.165) is 37.2 Å². The van der Waals surface area contributed by atoms with E-state index in [4.69, 9.17) is 4.42 Å². The maximum absolute atomic E-state index is 12.5. The van der Waals surface area contributed by atoms with E-state index >= 15 is 0 Å². The minimum absolute atomic E-state index is 0.153. The summed E-state index contributed by atoms with van der Waals surface area (Å²) in [6.07, 6.45) is 4.98. The molecule has 2 aromatic rings. The first-order chi connectivity index (χ1) is 10.7. The van der Waals surface area contributed by atoms with Crippen molar-refractivity contribution in [2.24, 2.45) is 0 Å². The Balaban J connectivity index is 1.72. The van der Waals surface area contributed by atoms with Gasteiger partial charge in [0.2, 0.25) is 11.8 Å². The summed E-state index contributed by atoms with van der Waals surface area (Å²) in [7, 11) is 0. The minimum Gasteiger partial charge on any atom is -0.440 e. The first kappa shape index (κ1) is 14.8. The summed E-state index contributed by atoms with van der Waals surface area (Å²) in [4.78, 5) is 18.9. The summed E-state index contributed by atoms with van der Waals surface area (Å²) in [6, 6.07) is 9.80. The zero-order valence-electron chi connectivity index (χ0n) is 13.0. The molecule has 0 atom stereocenters. The maximum Gasteiger partial charge on any atom is 0.230 e. The van der Waals surface area contributed by atoms with Gasteiger partial charge < -0.3 is 9.32 Å². The number of aromatic nitrogens is 1. The van der Waals surface area contributed by atoms with E-state index < -0.39 is 0 Å². The number of carbonyl (C=O) groups excluding carboxylic acids is 1. The van der Waals surface area contributed by atoms with Crippen LogP contribution in [0.4, 0.5) is 0 Å². The summed E-state index contributed by atoms with van der Waals surface area (Å²) in [5, 5.41) is 0. The third kappa shape index (κ3) is 3.38. The fourth-order valence-electron chi connectivity index (χ4n) is 2.87. The predicted octanol–water partition coefficient (Wildman–Crippen LogP) is 3.60. The highest BCUT2D eigenvalue weighted by molar-refractivity contribution is 5.78. The Morgan fingerprint density at radius 1 is 1.14 bits per heavy atom. The van der Waals surface area contributed by atoms with Gasteiger partial charge in [0.25, 0.3) is 0 Å². The molecule has 1 aliphatic heterocycles. The standard InChI is InChI=1S/C18H22N2O2/c1-14-16(13-17(21)20-11-7-2-3-8-12-20)22-18(19-14)15-9-5-4-6-10-15/h4-6,9-10H,2-3,7-8,11-13H2,1H3. The van der Waals surface area contributed by atoms with Crippen LogP contribution in [0.3, 0.4) is 0 Å². The van der Waals surface area contributed by atoms with Crippen molar-refractivity contribution in [1.29, 1.82) is 0 Å². The molecule has 3 rings (SSSR count). The van der Waals surface area contributed by atoms with Gasteiger partial charge >= 0.3 is 0 Å². The Labute approximate surface area is 131 Å². The summed E-state index contributed by atoms with van der Waals surface area (Å²) in [5.74, 6) is 1.44. The molecular formula is C18H22N2O2. The molecule has 0 bridgehead atoms. The molecule has 1 aromatic carbocycles. The van der Waals surface area contributed by atoms with Crippen molar-refractivity contribution in [2.75, 3.05) is 13.1 Å². The number of aryl methyl sites for hydroxylation is 1. The van der Waals surface area contributed by atoms with Gasteiger partial charge in [-0.3, -0.25) is 4.79 Å². The van der Waals surface area contributed by atoms with Crippen LogP contribution in [0.25, 0.3) is 11.5 Å². The van der Waals surface area contributed by atoms with Crippen molar-refractivity contribution < 1.29 is 9.21 Å². The molecule has 0 radical (unpaired) electrons. The fourth-order valence-corrected chi connectivity index (χ4v) is 2.87. The number of carbonyl (C=O) groups is 1. The second kappa shape index (κ2) is 6.77. The molecule has 1 amide bonds. The number of benzene rings is 1. The van der Waals surface area contributed by atoms with Crippen LogP contribution < -0.4 is 0 Å². The van der Waals surface area contributed by atoms with Gasteiger partial charge in [-0.15, -0.1) is 0 Å². The molecule has 22 heavy (non-hydrogen) atoms. The van der Waals surface area contributed by atoms with Crippen LogP contribution in [0.5, 0.6) is 0 Å². The second-order valence-electron chi connectivity index (χ2n) is 5.87. The number of nitrogens with zero attached hydrogens (tertiary/aromatic N) is 2. The van der Waals surface area contributed by atoms with E-state index in [1.165, 1.54) is 12.8 Å². The molecule has 4 nitrogen and oxygen atoms in total. The first-order valence-corrected chi connectivity index (χ1v) is 8.03. The third-order valence-corrected chi connectivity index (χ3v) is 4.18. The molecule has 2 heterocycles. The monoisotopic (exact) mass is 298 g/mol. The third-order valence-electron chi connectivity index (χ3n) is 4.18. The number of oxazole rings is 1. The lowest BCUT2D eigenvalue weighted by atomic mass is 10.2. The summed E-state index contributed by atoms with van der Waals surface area (Å²) in [6.45, 7) is 3.65. The smallest absolute Gasteiger partial charge is 0.230 e. The molecule has 4 heteroatoms. The van der Waals surface area contributed by atoms with Crippen LogP contribution in [0.1, 0.15) is 37.1 Å². The van der Waals surface area contributed by atoms with Crippen molar-refractivity contribution in [3.05, 3.63) is 41.8 Å². The van der Waals surface area contributed by atoms with E-state index in [0.29, 0.717) is 18.1 Å². The molecule has 0 saturated carbocycles. The fraction of sp³-hybridized carbons (Fsp3) is 0.444. The van der Waals surface area contributed by atoms with E-state index in [9.17, 15) is 4.79 Å². The van der Waals surface area contributed by atoms with Gasteiger partial charge in [-0.25, -0.2) is 4.98 Å². The van der Waals surface area contributed by atoms with Crippen LogP contribution in [0.2, 0.25) is 0 Å². The average molecular weight is 298 g/mol. The molecular weight excluding hydrogens is 276 g/mol. The minimum atomic E-state index is 0.153. The molecule has 116 valence electrons. The molecule has 0 aliphatic carbocycles. The number of hydrogen-bond acceptors (Lipinski definition) is 3. The van der Waals surface area contributed by atoms with Crippen LogP contribution in [-0.2, 0) is 11.2 Å². The summed E-state index contributed by atoms with van der Waals surface area (Å²) >= 11 is 0. The van der Waals surface area contributed by atoms with Gasteiger partial charge in [-0.2, -0.15) is 0 Å². The largest absolute Gasteiger partial charge is 0.440 e. The Morgan fingerprint density at radius 2 is 1.82 bits per heavy atom. The normalized spacial score (nSPS) is 15.6. The van der Waals surface area contributed by atoms with Crippen molar-refractivity contribution in [3.63, 3.8) is 0 Å². The summed E-state index contributed by atoms with van der Waals surface area (Å²) < 4.78 is 5.83. The second-order valence-corrected chi connectivity index (χ2v) is 5.87. The number of amides is 1. The van der Waals surface area contributed by atoms with Gasteiger partial charge in [-0.05, 0) is 31.9 Å². The zero-order chi connectivity index (χ0) is 15.4. The number of rotatable bonds is 3. The highest BCUT2D eigenvalue weighted by Gasteiger charge is 2.20. The van der Waals surface area contributed by atoms with E-state index in [-0.39, 0.29) is 5.91 Å². The zero-order valence-corrected chi connectivity index (χ0v) is 13.0. The van der Waals surface area contributed by atoms with Crippen molar-refractivity contribution in [3.8, 4) is 11.5 Å². The van der Waals surface area contributed by atoms with Gasteiger partial charge in [-0.1, -0.05) is 31.0 Å². The predicted molar refractivity (Wildman–Crippen MR) is 85.4 cm³/mol. The van der Waals surface area contributed by atoms with Crippen molar-refractivity contribution in [2.45, 2.75) is 39.0 Å². The van der Waals surface area contributed by atoms with Crippen molar-refractivity contribution >= 4 is 5.91 Å². The maximum atomic E-state index is 12.5. The van der Waals surface area contributed by atoms with Gasteiger partial charge in [0.15, 0.2) is 0 Å². The van der Waals surface area contributed by atoms with Crippen LogP contribution in [-0.4, -0.2) is 28.9 Å². The van der Waals surface area contributed by atoms with Gasteiger partial charge in [0, 0.05) is 18.7 Å². The molecule has 0 unspecified atom stereocenters. The van der Waals surface area contributed by atoms with Crippen LogP contribution in [0.15, 0.2) is 34.7 Å². The average Bonchev–Trinajstić information content (AvgIpc) is 2.76. The molecule has 0 spiro atoms. The molecule has 1 aromatic heterocycles.